The van der Waals surface area contributed by atoms with Gasteiger partial charge in [0.2, 0.25) is 5.88 Å². The van der Waals surface area contributed by atoms with E-state index in [0.717, 1.165) is 16.9 Å². The Bertz CT molecular complexity index is 1140. The number of fused-ring (bicyclic) bond motifs is 1. The smallest absolute Gasteiger partial charge is 0.243 e. The Morgan fingerprint density at radius 3 is 2.59 bits per heavy atom. The third-order valence-electron chi connectivity index (χ3n) is 4.61. The van der Waals surface area contributed by atoms with Crippen molar-refractivity contribution in [3.8, 4) is 11.6 Å². The average Bonchev–Trinajstić information content (AvgIpc) is 3.11. The molecule has 0 atom stereocenters. The molecule has 2 aromatic heterocycles. The predicted molar refractivity (Wildman–Crippen MR) is 117 cm³/mol. The average molecular weight is 408 g/mol. The molecule has 0 bridgehead atoms. The topological polar surface area (TPSA) is 47.0 Å². The van der Waals surface area contributed by atoms with Gasteiger partial charge in [0.25, 0.3) is 0 Å². The zero-order valence-electron chi connectivity index (χ0n) is 16.8. The van der Waals surface area contributed by atoms with Gasteiger partial charge in [-0.1, -0.05) is 56.4 Å². The predicted octanol–water partition coefficient (Wildman–Crippen LogP) is 6.97. The number of nitrogens with one attached hydrogen (secondary N) is 1. The third-order valence-corrected chi connectivity index (χ3v) is 5.59. The minimum atomic E-state index is -0.266. The second-order valence-corrected chi connectivity index (χ2v) is 8.89. The molecule has 0 aliphatic rings. The summed E-state index contributed by atoms with van der Waals surface area (Å²) >= 11 is 1.27. The van der Waals surface area contributed by atoms with Crippen molar-refractivity contribution in [2.45, 2.75) is 33.1 Å². The van der Waals surface area contributed by atoms with E-state index in [-0.39, 0.29) is 11.2 Å². The molecule has 0 radical (unpaired) electrons. The van der Waals surface area contributed by atoms with Gasteiger partial charge in [-0.2, -0.15) is 0 Å². The maximum atomic E-state index is 14.1. The molecule has 0 aliphatic carbocycles. The lowest BCUT2D eigenvalue weighted by Crippen LogP contribution is -2.12. The molecule has 0 amide bonds. The molecule has 0 saturated carbocycles. The van der Waals surface area contributed by atoms with Crippen molar-refractivity contribution in [2.75, 3.05) is 5.32 Å². The Labute approximate surface area is 173 Å². The number of anilines is 2. The van der Waals surface area contributed by atoms with E-state index in [9.17, 15) is 4.39 Å². The Morgan fingerprint density at radius 2 is 1.83 bits per heavy atom. The Kier molecular flexibility index (Phi) is 4.96. The van der Waals surface area contributed by atoms with Crippen LogP contribution < -0.4 is 10.1 Å². The van der Waals surface area contributed by atoms with Gasteiger partial charge >= 0.3 is 0 Å². The van der Waals surface area contributed by atoms with Crippen LogP contribution in [0.3, 0.4) is 0 Å². The molecule has 2 heterocycles. The van der Waals surface area contributed by atoms with E-state index in [1.165, 1.54) is 17.4 Å². The van der Waals surface area contributed by atoms with E-state index < -0.39 is 0 Å². The SMILES string of the molecule is Cc1ccc(F)c2sc(Nc3cccnc3Oc3ccccc3C(C)(C)C)nc12. The summed E-state index contributed by atoms with van der Waals surface area (Å²) in [7, 11) is 0. The van der Waals surface area contributed by atoms with Crippen LogP contribution in [-0.4, -0.2) is 9.97 Å². The fourth-order valence-electron chi connectivity index (χ4n) is 3.12. The molecular weight excluding hydrogens is 385 g/mol. The van der Waals surface area contributed by atoms with E-state index in [1.54, 1.807) is 12.3 Å². The lowest BCUT2D eigenvalue weighted by atomic mass is 9.86. The van der Waals surface area contributed by atoms with Gasteiger partial charge in [0, 0.05) is 11.8 Å². The molecule has 2 aromatic carbocycles. The van der Waals surface area contributed by atoms with Gasteiger partial charge in [0.15, 0.2) is 5.13 Å². The number of thiazole rings is 1. The van der Waals surface area contributed by atoms with E-state index in [1.807, 2.05) is 37.3 Å². The summed E-state index contributed by atoms with van der Waals surface area (Å²) < 4.78 is 20.9. The van der Waals surface area contributed by atoms with Crippen molar-refractivity contribution in [2.24, 2.45) is 0 Å². The molecule has 0 spiro atoms. The van der Waals surface area contributed by atoms with Gasteiger partial charge in [-0.05, 0) is 42.2 Å². The number of rotatable bonds is 4. The van der Waals surface area contributed by atoms with Gasteiger partial charge in [-0.25, -0.2) is 14.4 Å². The maximum absolute atomic E-state index is 14.1. The number of halogens is 1. The first-order valence-electron chi connectivity index (χ1n) is 9.38. The lowest BCUT2D eigenvalue weighted by molar-refractivity contribution is 0.442. The van der Waals surface area contributed by atoms with Gasteiger partial charge in [-0.15, -0.1) is 0 Å². The van der Waals surface area contributed by atoms with Crippen LogP contribution in [0.1, 0.15) is 31.9 Å². The van der Waals surface area contributed by atoms with Crippen LogP contribution in [0.2, 0.25) is 0 Å². The molecular formula is C23H22FN3OS. The Morgan fingerprint density at radius 1 is 1.03 bits per heavy atom. The van der Waals surface area contributed by atoms with Gasteiger partial charge in [-0.3, -0.25) is 0 Å². The standard InChI is InChI=1S/C23H22FN3OS/c1-14-11-12-16(24)20-19(14)27-22(29-20)26-17-9-7-13-25-21(17)28-18-10-6-5-8-15(18)23(2,3)4/h5-13H,1-4H3,(H,26,27). The Balaban J connectivity index is 1.69. The molecule has 148 valence electrons. The van der Waals surface area contributed by atoms with Crippen LogP contribution in [0.5, 0.6) is 11.6 Å². The number of nitrogens with zero attached hydrogens (tertiary/aromatic N) is 2. The highest BCUT2D eigenvalue weighted by molar-refractivity contribution is 7.22. The molecule has 0 saturated heterocycles. The number of hydrogen-bond acceptors (Lipinski definition) is 5. The number of benzene rings is 2. The molecule has 1 N–H and O–H groups in total. The van der Waals surface area contributed by atoms with Crippen LogP contribution in [0.15, 0.2) is 54.7 Å². The highest BCUT2D eigenvalue weighted by Crippen LogP contribution is 2.38. The first kappa shape index (κ1) is 19.3. The van der Waals surface area contributed by atoms with E-state index in [0.29, 0.717) is 26.9 Å². The molecule has 0 fully saturated rings. The van der Waals surface area contributed by atoms with Gasteiger partial charge in [0.05, 0.1) is 10.2 Å². The number of aromatic nitrogens is 2. The van der Waals surface area contributed by atoms with Crippen LogP contribution in [0.4, 0.5) is 15.2 Å². The molecule has 0 unspecified atom stereocenters. The molecule has 4 nitrogen and oxygen atoms in total. The molecule has 4 aromatic rings. The number of ether oxygens (including phenoxy) is 1. The Hall–Kier alpha value is -2.99. The van der Waals surface area contributed by atoms with Gasteiger partial charge in [0.1, 0.15) is 17.3 Å². The van der Waals surface area contributed by atoms with Crippen molar-refractivity contribution >= 4 is 32.4 Å². The molecule has 0 aliphatic heterocycles. The van der Waals surface area contributed by atoms with Crippen molar-refractivity contribution < 1.29 is 9.13 Å². The zero-order valence-corrected chi connectivity index (χ0v) is 17.6. The van der Waals surface area contributed by atoms with Crippen LogP contribution in [0, 0.1) is 12.7 Å². The van der Waals surface area contributed by atoms with Crippen molar-refractivity contribution in [3.63, 3.8) is 0 Å². The van der Waals surface area contributed by atoms with Gasteiger partial charge < -0.3 is 10.1 Å². The van der Waals surface area contributed by atoms with Crippen LogP contribution in [0.25, 0.3) is 10.2 Å². The number of hydrogen-bond donors (Lipinski definition) is 1. The summed E-state index contributed by atoms with van der Waals surface area (Å²) in [5.74, 6) is 0.937. The fraction of sp³-hybridized carbons (Fsp3) is 0.217. The largest absolute Gasteiger partial charge is 0.437 e. The van der Waals surface area contributed by atoms with E-state index in [4.69, 9.17) is 4.74 Å². The number of pyridine rings is 1. The fourth-order valence-corrected chi connectivity index (χ4v) is 4.08. The zero-order chi connectivity index (χ0) is 20.6. The summed E-state index contributed by atoms with van der Waals surface area (Å²) in [6.45, 7) is 8.35. The summed E-state index contributed by atoms with van der Waals surface area (Å²) in [6.07, 6.45) is 1.68. The number of aryl methyl sites for hydroxylation is 1. The van der Waals surface area contributed by atoms with Crippen LogP contribution >= 0.6 is 11.3 Å². The maximum Gasteiger partial charge on any atom is 0.243 e. The van der Waals surface area contributed by atoms with Crippen molar-refractivity contribution in [3.05, 3.63) is 71.7 Å². The van der Waals surface area contributed by atoms with Crippen LogP contribution in [-0.2, 0) is 5.41 Å². The summed E-state index contributed by atoms with van der Waals surface area (Å²) in [6, 6.07) is 14.9. The normalized spacial score (nSPS) is 11.6. The number of para-hydroxylation sites is 1. The lowest BCUT2D eigenvalue weighted by Gasteiger charge is -2.22. The molecule has 6 heteroatoms. The minimum absolute atomic E-state index is 0.0684. The molecule has 29 heavy (non-hydrogen) atoms. The second-order valence-electron chi connectivity index (χ2n) is 7.89. The second kappa shape index (κ2) is 7.44. The van der Waals surface area contributed by atoms with Crippen molar-refractivity contribution in [1.82, 2.24) is 9.97 Å². The third kappa shape index (κ3) is 3.93. The monoisotopic (exact) mass is 407 g/mol. The molecule has 4 rings (SSSR count). The summed E-state index contributed by atoms with van der Waals surface area (Å²) in [4.78, 5) is 8.96. The quantitative estimate of drug-likeness (QED) is 0.397. The summed E-state index contributed by atoms with van der Waals surface area (Å²) in [5.41, 5.74) is 3.30. The first-order chi connectivity index (χ1) is 13.8. The summed E-state index contributed by atoms with van der Waals surface area (Å²) in [5, 5.41) is 3.84. The highest BCUT2D eigenvalue weighted by Gasteiger charge is 2.20. The van der Waals surface area contributed by atoms with E-state index >= 15 is 0 Å². The van der Waals surface area contributed by atoms with E-state index in [2.05, 4.69) is 42.1 Å². The first-order valence-corrected chi connectivity index (χ1v) is 10.2. The minimum Gasteiger partial charge on any atom is -0.437 e. The highest BCUT2D eigenvalue weighted by atomic mass is 32.1. The van der Waals surface area contributed by atoms with Crippen molar-refractivity contribution in [1.29, 1.82) is 0 Å².